The average Bonchev–Trinajstić information content (AvgIpc) is 2.87. The Hall–Kier alpha value is -3.10. The van der Waals surface area contributed by atoms with Crippen LogP contribution in [0.4, 0.5) is 5.69 Å². The molecule has 2 heterocycles. The van der Waals surface area contributed by atoms with Gasteiger partial charge in [0, 0.05) is 48.8 Å². The van der Waals surface area contributed by atoms with E-state index in [-0.39, 0.29) is 18.2 Å². The summed E-state index contributed by atoms with van der Waals surface area (Å²) in [6, 6.07) is 15.3. The third-order valence-corrected chi connectivity index (χ3v) is 7.37. The monoisotopic (exact) mass is 455 g/mol. The van der Waals surface area contributed by atoms with E-state index >= 15 is 0 Å². The Bertz CT molecular complexity index is 1180. The molecule has 1 aliphatic carbocycles. The summed E-state index contributed by atoms with van der Waals surface area (Å²) in [7, 11) is 1.75. The molecular weight excluding hydrogens is 422 g/mol. The van der Waals surface area contributed by atoms with E-state index in [1.165, 1.54) is 11.3 Å². The Morgan fingerprint density at radius 2 is 1.71 bits per heavy atom. The molecule has 1 saturated carbocycles. The van der Waals surface area contributed by atoms with E-state index in [1.807, 2.05) is 6.20 Å². The lowest BCUT2D eigenvalue weighted by atomic mass is 9.81. The first-order valence-electron chi connectivity index (χ1n) is 12.4. The number of ether oxygens (including phenoxy) is 2. The summed E-state index contributed by atoms with van der Waals surface area (Å²) in [5, 5.41) is 1.06. The molecule has 1 saturated heterocycles. The number of morpholine rings is 1. The van der Waals surface area contributed by atoms with Crippen molar-refractivity contribution in [1.82, 2.24) is 4.98 Å². The SMILES string of the molecule is [C-]#[N+]C1CCC(c2cccc3c(OC)c(-c4ccc(N5C[C@@H](C)O[C@@H](C)C5)cc4)cnc23)CC1. The molecular formula is C29H33N3O2. The van der Waals surface area contributed by atoms with E-state index in [0.29, 0.717) is 5.92 Å². The third kappa shape index (κ3) is 4.35. The van der Waals surface area contributed by atoms with Gasteiger partial charge in [-0.1, -0.05) is 24.3 Å². The summed E-state index contributed by atoms with van der Waals surface area (Å²) in [5.74, 6) is 1.34. The smallest absolute Gasteiger partial charge is 0.223 e. The van der Waals surface area contributed by atoms with E-state index in [4.69, 9.17) is 21.0 Å². The van der Waals surface area contributed by atoms with Crippen LogP contribution in [0.15, 0.2) is 48.7 Å². The molecule has 1 aromatic heterocycles. The number of pyridine rings is 1. The summed E-state index contributed by atoms with van der Waals surface area (Å²) in [6.45, 7) is 13.4. The van der Waals surface area contributed by atoms with Gasteiger partial charge in [0.05, 0.1) is 24.8 Å². The fourth-order valence-electron chi connectivity index (χ4n) is 5.73. The van der Waals surface area contributed by atoms with Crippen molar-refractivity contribution in [3.05, 3.63) is 65.6 Å². The minimum atomic E-state index is 0.187. The fraction of sp³-hybridized carbons (Fsp3) is 0.448. The quantitative estimate of drug-likeness (QED) is 0.423. The van der Waals surface area contributed by atoms with Gasteiger partial charge in [0.25, 0.3) is 0 Å². The predicted octanol–water partition coefficient (Wildman–Crippen LogP) is 6.47. The van der Waals surface area contributed by atoms with Gasteiger partial charge in [-0.2, -0.15) is 0 Å². The number of fused-ring (bicyclic) bond motifs is 1. The summed E-state index contributed by atoms with van der Waals surface area (Å²) in [5.41, 5.74) is 5.65. The highest BCUT2D eigenvalue weighted by Gasteiger charge is 2.27. The Kier molecular flexibility index (Phi) is 6.43. The van der Waals surface area contributed by atoms with Crippen molar-refractivity contribution >= 4 is 16.6 Å². The summed E-state index contributed by atoms with van der Waals surface area (Å²) in [6.07, 6.45) is 6.50. The Morgan fingerprint density at radius 3 is 2.35 bits per heavy atom. The van der Waals surface area contributed by atoms with E-state index in [9.17, 15) is 0 Å². The molecule has 2 aromatic carbocycles. The van der Waals surface area contributed by atoms with Crippen molar-refractivity contribution in [3.63, 3.8) is 0 Å². The molecule has 0 N–H and O–H groups in total. The molecule has 0 amide bonds. The number of nitrogens with zero attached hydrogens (tertiary/aromatic N) is 3. The van der Waals surface area contributed by atoms with Gasteiger partial charge >= 0.3 is 0 Å². The van der Waals surface area contributed by atoms with Crippen LogP contribution in [0, 0.1) is 6.57 Å². The Morgan fingerprint density at radius 1 is 1.00 bits per heavy atom. The second kappa shape index (κ2) is 9.64. The minimum Gasteiger partial charge on any atom is -0.495 e. The standard InChI is InChI=1S/C29H33N3O2/c1-19-17-32(18-20(2)34-19)24-14-10-22(11-15-24)27-16-31-28-25(6-5-7-26(28)29(27)33-4)21-8-12-23(30-3)13-9-21/h5-7,10-11,14-16,19-21,23H,8-9,12-13,17-18H2,1-2,4H3/t19-,20+,21?,23?. The number of hydrogen-bond donors (Lipinski definition) is 0. The predicted molar refractivity (Wildman–Crippen MR) is 138 cm³/mol. The van der Waals surface area contributed by atoms with Gasteiger partial charge in [-0.15, -0.1) is 0 Å². The lowest BCUT2D eigenvalue weighted by Gasteiger charge is -2.36. The topological polar surface area (TPSA) is 39.0 Å². The van der Waals surface area contributed by atoms with E-state index in [2.05, 4.69) is 66.1 Å². The van der Waals surface area contributed by atoms with Crippen LogP contribution in [0.25, 0.3) is 26.9 Å². The molecule has 1 aliphatic heterocycles. The summed E-state index contributed by atoms with van der Waals surface area (Å²) >= 11 is 0. The van der Waals surface area contributed by atoms with Crippen molar-refractivity contribution in [1.29, 1.82) is 0 Å². The zero-order valence-electron chi connectivity index (χ0n) is 20.3. The molecule has 5 rings (SSSR count). The maximum absolute atomic E-state index is 7.33. The van der Waals surface area contributed by atoms with Gasteiger partial charge in [-0.25, -0.2) is 6.57 Å². The number of aromatic nitrogens is 1. The van der Waals surface area contributed by atoms with Crippen LogP contribution in [0.1, 0.15) is 51.0 Å². The number of hydrogen-bond acceptors (Lipinski definition) is 4. The first-order valence-corrected chi connectivity index (χ1v) is 12.4. The molecule has 176 valence electrons. The largest absolute Gasteiger partial charge is 0.495 e. The van der Waals surface area contributed by atoms with Gasteiger partial charge in [0.1, 0.15) is 5.75 Å². The molecule has 2 fully saturated rings. The van der Waals surface area contributed by atoms with Crippen LogP contribution in [0.3, 0.4) is 0 Å². The van der Waals surface area contributed by atoms with Gasteiger partial charge in [-0.05, 0) is 61.9 Å². The lowest BCUT2D eigenvalue weighted by Crippen LogP contribution is -2.45. The molecule has 34 heavy (non-hydrogen) atoms. The zero-order valence-corrected chi connectivity index (χ0v) is 20.3. The summed E-state index contributed by atoms with van der Waals surface area (Å²) in [4.78, 5) is 11.1. The molecule has 2 aliphatic rings. The van der Waals surface area contributed by atoms with E-state index < -0.39 is 0 Å². The zero-order chi connectivity index (χ0) is 23.7. The summed E-state index contributed by atoms with van der Waals surface area (Å²) < 4.78 is 11.8. The van der Waals surface area contributed by atoms with Gasteiger partial charge < -0.3 is 19.2 Å². The van der Waals surface area contributed by atoms with Crippen molar-refractivity contribution in [3.8, 4) is 16.9 Å². The molecule has 2 atom stereocenters. The number of rotatable bonds is 4. The number of benzene rings is 2. The van der Waals surface area contributed by atoms with Gasteiger partial charge in [-0.3, -0.25) is 4.98 Å². The lowest BCUT2D eigenvalue weighted by molar-refractivity contribution is -0.00521. The van der Waals surface area contributed by atoms with Crippen molar-refractivity contribution in [2.24, 2.45) is 0 Å². The highest BCUT2D eigenvalue weighted by Crippen LogP contribution is 2.41. The first kappa shape index (κ1) is 22.7. The fourth-order valence-corrected chi connectivity index (χ4v) is 5.73. The van der Waals surface area contributed by atoms with Crippen LogP contribution in [0.5, 0.6) is 5.75 Å². The van der Waals surface area contributed by atoms with Gasteiger partial charge in [0.2, 0.25) is 6.04 Å². The molecule has 3 aromatic rings. The second-order valence-electron chi connectivity index (χ2n) is 9.79. The number of para-hydroxylation sites is 1. The molecule has 0 spiro atoms. The van der Waals surface area contributed by atoms with Crippen LogP contribution >= 0.6 is 0 Å². The normalized spacial score (nSPS) is 25.2. The number of anilines is 1. The Balaban J connectivity index is 1.46. The minimum absolute atomic E-state index is 0.187. The molecule has 5 nitrogen and oxygen atoms in total. The van der Waals surface area contributed by atoms with Crippen LogP contribution in [-0.4, -0.2) is 43.4 Å². The highest BCUT2D eigenvalue weighted by molar-refractivity contribution is 5.94. The van der Waals surface area contributed by atoms with Crippen LogP contribution in [-0.2, 0) is 4.74 Å². The number of methoxy groups -OCH3 is 1. The van der Waals surface area contributed by atoms with E-state index in [0.717, 1.165) is 66.6 Å². The third-order valence-electron chi connectivity index (χ3n) is 7.37. The molecule has 0 bridgehead atoms. The van der Waals surface area contributed by atoms with Crippen LogP contribution in [0.2, 0.25) is 0 Å². The van der Waals surface area contributed by atoms with Crippen LogP contribution < -0.4 is 9.64 Å². The maximum atomic E-state index is 7.33. The van der Waals surface area contributed by atoms with Crippen molar-refractivity contribution < 1.29 is 9.47 Å². The second-order valence-corrected chi connectivity index (χ2v) is 9.79. The maximum Gasteiger partial charge on any atom is 0.223 e. The van der Waals surface area contributed by atoms with Crippen molar-refractivity contribution in [2.75, 3.05) is 25.1 Å². The molecule has 0 radical (unpaired) electrons. The van der Waals surface area contributed by atoms with Gasteiger partial charge in [0.15, 0.2) is 0 Å². The average molecular weight is 456 g/mol. The highest BCUT2D eigenvalue weighted by atomic mass is 16.5. The molecule has 5 heteroatoms. The Labute approximate surface area is 202 Å². The first-order chi connectivity index (χ1) is 16.6. The van der Waals surface area contributed by atoms with Crippen molar-refractivity contribution in [2.45, 2.75) is 63.7 Å². The van der Waals surface area contributed by atoms with E-state index in [1.54, 1.807) is 7.11 Å². The molecule has 0 unspecified atom stereocenters.